The fourth-order valence-corrected chi connectivity index (χ4v) is 5.61. The molecule has 0 atom stereocenters. The minimum absolute atomic E-state index is 0.00126. The summed E-state index contributed by atoms with van der Waals surface area (Å²) in [5.74, 6) is -2.33. The zero-order chi connectivity index (χ0) is 24.6. The highest BCUT2D eigenvalue weighted by Gasteiger charge is 2.28. The third-order valence-corrected chi connectivity index (χ3v) is 7.28. The topological polar surface area (TPSA) is 89.9 Å². The van der Waals surface area contributed by atoms with Gasteiger partial charge in [-0.25, -0.2) is 23.1 Å². The van der Waals surface area contributed by atoms with Crippen molar-refractivity contribution in [2.24, 2.45) is 0 Å². The molecule has 7 nitrogen and oxygen atoms in total. The predicted octanol–water partition coefficient (Wildman–Crippen LogP) is 5.04. The lowest BCUT2D eigenvalue weighted by atomic mass is 10.00. The van der Waals surface area contributed by atoms with Crippen molar-refractivity contribution in [3.05, 3.63) is 59.3 Å². The van der Waals surface area contributed by atoms with E-state index in [0.717, 1.165) is 11.3 Å². The monoisotopic (exact) mass is 514 g/mol. The number of fused-ring (bicyclic) bond motifs is 6. The molecule has 12 heteroatoms. The summed E-state index contributed by atoms with van der Waals surface area (Å²) in [4.78, 5) is 26.5. The molecule has 0 saturated carbocycles. The summed E-state index contributed by atoms with van der Waals surface area (Å²) < 4.78 is 47.1. The highest BCUT2D eigenvalue weighted by molar-refractivity contribution is 7.22. The van der Waals surface area contributed by atoms with Gasteiger partial charge in [0.25, 0.3) is 0 Å². The standard InChI is InChI=1S/C23H14ClF3N6OS/c1-2-15(34)32-3-4-33-14(8-32)30-13-7-29-19-9(21(13)33)5-10(24)16(18(19)27)17-11(25)6-12(26)22-20(17)31-23(28)35-22/h2,5-7H,1,3-4,8H2,(H2,28,31). The summed E-state index contributed by atoms with van der Waals surface area (Å²) in [5.41, 5.74) is 6.10. The normalized spacial score (nSPS) is 13.7. The molecular formula is C23H14ClF3N6OS. The number of imidazole rings is 1. The van der Waals surface area contributed by atoms with Gasteiger partial charge in [-0.15, -0.1) is 0 Å². The van der Waals surface area contributed by atoms with E-state index < -0.39 is 17.5 Å². The van der Waals surface area contributed by atoms with Gasteiger partial charge < -0.3 is 15.2 Å². The lowest BCUT2D eigenvalue weighted by Gasteiger charge is -2.27. The summed E-state index contributed by atoms with van der Waals surface area (Å²) >= 11 is 7.35. The molecule has 0 bridgehead atoms. The van der Waals surface area contributed by atoms with Crippen molar-refractivity contribution in [3.8, 4) is 11.1 Å². The first-order chi connectivity index (χ1) is 16.8. The average molecular weight is 515 g/mol. The molecule has 2 aromatic carbocycles. The Morgan fingerprint density at radius 1 is 1.14 bits per heavy atom. The molecule has 0 unspecified atom stereocenters. The van der Waals surface area contributed by atoms with E-state index in [9.17, 15) is 13.6 Å². The highest BCUT2D eigenvalue weighted by Crippen LogP contribution is 2.43. The molecule has 35 heavy (non-hydrogen) atoms. The van der Waals surface area contributed by atoms with Crippen molar-refractivity contribution in [1.29, 1.82) is 0 Å². The van der Waals surface area contributed by atoms with Gasteiger partial charge in [-0.2, -0.15) is 0 Å². The number of rotatable bonds is 2. The third-order valence-electron chi connectivity index (χ3n) is 6.09. The molecule has 2 N–H and O–H groups in total. The van der Waals surface area contributed by atoms with Crippen LogP contribution >= 0.6 is 22.9 Å². The molecule has 1 amide bonds. The van der Waals surface area contributed by atoms with Gasteiger partial charge in [-0.1, -0.05) is 29.5 Å². The van der Waals surface area contributed by atoms with Gasteiger partial charge in [0.05, 0.1) is 33.5 Å². The molecule has 176 valence electrons. The van der Waals surface area contributed by atoms with Crippen LogP contribution in [0.5, 0.6) is 0 Å². The molecule has 5 aromatic rings. The number of hydrogen-bond acceptors (Lipinski definition) is 6. The van der Waals surface area contributed by atoms with E-state index in [-0.39, 0.29) is 49.5 Å². The number of pyridine rings is 1. The minimum atomic E-state index is -1.02. The lowest BCUT2D eigenvalue weighted by Crippen LogP contribution is -2.37. The maximum Gasteiger partial charge on any atom is 0.246 e. The average Bonchev–Trinajstić information content (AvgIpc) is 3.40. The Bertz CT molecular complexity index is 1750. The molecular weight excluding hydrogens is 501 g/mol. The summed E-state index contributed by atoms with van der Waals surface area (Å²) in [6, 6.07) is 2.15. The van der Waals surface area contributed by atoms with Crippen molar-refractivity contribution in [2.45, 2.75) is 13.1 Å². The zero-order valence-corrected chi connectivity index (χ0v) is 19.4. The summed E-state index contributed by atoms with van der Waals surface area (Å²) in [6.45, 7) is 4.63. The van der Waals surface area contributed by atoms with Crippen LogP contribution < -0.4 is 5.73 Å². The Hall–Kier alpha value is -3.70. The molecule has 1 aliphatic rings. The lowest BCUT2D eigenvalue weighted by molar-refractivity contribution is -0.127. The van der Waals surface area contributed by atoms with Crippen molar-refractivity contribution >= 4 is 66.1 Å². The van der Waals surface area contributed by atoms with Crippen molar-refractivity contribution in [3.63, 3.8) is 0 Å². The molecule has 0 aliphatic carbocycles. The van der Waals surface area contributed by atoms with Gasteiger partial charge in [-0.3, -0.25) is 9.78 Å². The zero-order valence-electron chi connectivity index (χ0n) is 17.8. The number of aromatic nitrogens is 4. The number of nitrogen functional groups attached to an aromatic ring is 1. The number of nitrogens with zero attached hydrogens (tertiary/aromatic N) is 5. The van der Waals surface area contributed by atoms with Crippen LogP contribution in [0.1, 0.15) is 5.82 Å². The van der Waals surface area contributed by atoms with Crippen LogP contribution in [0.25, 0.3) is 43.3 Å². The van der Waals surface area contributed by atoms with E-state index in [1.54, 1.807) is 4.90 Å². The number of benzene rings is 2. The number of hydrogen-bond donors (Lipinski definition) is 1. The molecule has 3 aromatic heterocycles. The number of anilines is 1. The van der Waals surface area contributed by atoms with Gasteiger partial charge in [0, 0.05) is 35.7 Å². The Kier molecular flexibility index (Phi) is 4.77. The summed E-state index contributed by atoms with van der Waals surface area (Å²) in [5, 5.41) is 0.294. The van der Waals surface area contributed by atoms with Crippen molar-refractivity contribution < 1.29 is 18.0 Å². The van der Waals surface area contributed by atoms with E-state index in [1.807, 2.05) is 4.57 Å². The van der Waals surface area contributed by atoms with Crippen LogP contribution in [0.2, 0.25) is 5.02 Å². The molecule has 0 spiro atoms. The van der Waals surface area contributed by atoms with E-state index >= 15 is 4.39 Å². The summed E-state index contributed by atoms with van der Waals surface area (Å²) in [7, 11) is 0. The fraction of sp³-hybridized carbons (Fsp3) is 0.130. The Labute approximate surface area is 204 Å². The molecule has 0 radical (unpaired) electrons. The van der Waals surface area contributed by atoms with Gasteiger partial charge in [0.1, 0.15) is 28.5 Å². The van der Waals surface area contributed by atoms with Crippen LogP contribution in [0, 0.1) is 17.5 Å². The second kappa shape index (κ2) is 7.65. The second-order valence-electron chi connectivity index (χ2n) is 8.02. The van der Waals surface area contributed by atoms with Crippen LogP contribution in [0.15, 0.2) is 31.0 Å². The molecule has 6 rings (SSSR count). The number of nitrogens with two attached hydrogens (primary N) is 1. The second-order valence-corrected chi connectivity index (χ2v) is 9.46. The first kappa shape index (κ1) is 21.8. The van der Waals surface area contributed by atoms with Crippen LogP contribution in [0.4, 0.5) is 18.3 Å². The molecule has 1 aliphatic heterocycles. The maximum atomic E-state index is 16.0. The Balaban J connectivity index is 1.61. The number of thiazole rings is 1. The summed E-state index contributed by atoms with van der Waals surface area (Å²) in [6.07, 6.45) is 2.66. The Morgan fingerprint density at radius 2 is 1.94 bits per heavy atom. The van der Waals surface area contributed by atoms with Gasteiger partial charge in [-0.05, 0) is 12.1 Å². The molecule has 0 saturated heterocycles. The highest BCUT2D eigenvalue weighted by atomic mass is 35.5. The van der Waals surface area contributed by atoms with Crippen LogP contribution in [-0.2, 0) is 17.9 Å². The molecule has 4 heterocycles. The minimum Gasteiger partial charge on any atom is -0.375 e. The van der Waals surface area contributed by atoms with E-state index in [4.69, 9.17) is 17.3 Å². The predicted molar refractivity (Wildman–Crippen MR) is 129 cm³/mol. The largest absolute Gasteiger partial charge is 0.375 e. The smallest absolute Gasteiger partial charge is 0.246 e. The first-order valence-corrected chi connectivity index (χ1v) is 11.6. The molecule has 0 fully saturated rings. The van der Waals surface area contributed by atoms with Crippen LogP contribution in [0.3, 0.4) is 0 Å². The van der Waals surface area contributed by atoms with Crippen LogP contribution in [-0.4, -0.2) is 36.9 Å². The van der Waals surface area contributed by atoms with E-state index in [1.165, 1.54) is 18.3 Å². The quantitative estimate of drug-likeness (QED) is 0.333. The van der Waals surface area contributed by atoms with Crippen molar-refractivity contribution in [2.75, 3.05) is 12.3 Å². The SMILES string of the molecule is C=CC(=O)N1CCn2c(nc3cnc4c(F)c(-c5c(F)cc(F)c6sc(N)nc56)c(Cl)cc4c32)C1. The number of carbonyl (C=O) groups is 1. The Morgan fingerprint density at radius 3 is 2.71 bits per heavy atom. The van der Waals surface area contributed by atoms with E-state index in [2.05, 4.69) is 21.5 Å². The van der Waals surface area contributed by atoms with Gasteiger partial charge in [0.15, 0.2) is 10.9 Å². The van der Waals surface area contributed by atoms with E-state index in [0.29, 0.717) is 41.4 Å². The van der Waals surface area contributed by atoms with Gasteiger partial charge in [0.2, 0.25) is 5.91 Å². The number of halogens is 4. The first-order valence-electron chi connectivity index (χ1n) is 10.4. The third kappa shape index (κ3) is 3.11. The fourth-order valence-electron chi connectivity index (χ4n) is 4.58. The van der Waals surface area contributed by atoms with Gasteiger partial charge >= 0.3 is 0 Å². The van der Waals surface area contributed by atoms with Crippen molar-refractivity contribution in [1.82, 2.24) is 24.4 Å². The maximum absolute atomic E-state index is 16.0. The number of carbonyl (C=O) groups excluding carboxylic acids is 1. The number of amides is 1.